The van der Waals surface area contributed by atoms with Crippen LogP contribution in [0.5, 0.6) is 17.2 Å². The Morgan fingerprint density at radius 2 is 1.63 bits per heavy atom. The molecule has 0 spiro atoms. The summed E-state index contributed by atoms with van der Waals surface area (Å²) in [4.78, 5) is 6.60. The van der Waals surface area contributed by atoms with Crippen molar-refractivity contribution in [1.29, 1.82) is 0 Å². The quantitative estimate of drug-likeness (QED) is 0.293. The van der Waals surface area contributed by atoms with Gasteiger partial charge in [0, 0.05) is 17.0 Å². The molecule has 0 bridgehead atoms. The van der Waals surface area contributed by atoms with Gasteiger partial charge in [-0.25, -0.2) is 0 Å². The summed E-state index contributed by atoms with van der Waals surface area (Å²) in [5.41, 5.74) is 1.41. The molecule has 0 aliphatic carbocycles. The third-order valence-corrected chi connectivity index (χ3v) is 6.80. The predicted molar refractivity (Wildman–Crippen MR) is 137 cm³/mol. The first kappa shape index (κ1) is 24.8. The average molecular weight is 535 g/mol. The van der Waals surface area contributed by atoms with Gasteiger partial charge in [-0.2, -0.15) is 18.2 Å². The largest absolute Gasteiger partial charge is 0.497 e. The van der Waals surface area contributed by atoms with Crippen molar-refractivity contribution in [2.45, 2.75) is 4.90 Å². The summed E-state index contributed by atoms with van der Waals surface area (Å²) in [5.74, 6) is 1.75. The Morgan fingerprint density at radius 1 is 0.868 bits per heavy atom. The molecule has 5 aromatic rings. The van der Waals surface area contributed by atoms with E-state index in [4.69, 9.17) is 23.2 Å². The van der Waals surface area contributed by atoms with Gasteiger partial charge in [-0.15, -0.1) is 5.10 Å². The van der Waals surface area contributed by atoms with Crippen molar-refractivity contribution in [3.63, 3.8) is 0 Å². The SMILES string of the molecule is COc1ccc(-c2noc(-c3cc4ccccc4o/c3=N/NS(=O)(=O)c3ccc(OC)c(OC)c3)n2)cc1. The number of hydrogen-bond donors (Lipinski definition) is 1. The Kier molecular flexibility index (Phi) is 6.71. The van der Waals surface area contributed by atoms with Crippen molar-refractivity contribution in [1.82, 2.24) is 15.0 Å². The first-order valence-electron chi connectivity index (χ1n) is 11.2. The van der Waals surface area contributed by atoms with Crippen molar-refractivity contribution < 1.29 is 31.6 Å². The fourth-order valence-corrected chi connectivity index (χ4v) is 4.45. The molecule has 38 heavy (non-hydrogen) atoms. The molecule has 194 valence electrons. The Labute approximate surface area is 217 Å². The highest BCUT2D eigenvalue weighted by atomic mass is 32.2. The molecule has 0 aliphatic heterocycles. The van der Waals surface area contributed by atoms with Crippen LogP contribution in [0, 0.1) is 0 Å². The van der Waals surface area contributed by atoms with Crippen molar-refractivity contribution >= 4 is 21.0 Å². The molecule has 0 amide bonds. The lowest BCUT2D eigenvalue weighted by atomic mass is 10.2. The summed E-state index contributed by atoms with van der Waals surface area (Å²) in [6.07, 6.45) is 0. The van der Waals surface area contributed by atoms with Gasteiger partial charge in [-0.05, 0) is 48.5 Å². The summed E-state index contributed by atoms with van der Waals surface area (Å²) in [7, 11) is 0.347. The van der Waals surface area contributed by atoms with Gasteiger partial charge in [0.1, 0.15) is 16.9 Å². The van der Waals surface area contributed by atoms with Gasteiger partial charge in [0.05, 0.1) is 26.2 Å². The lowest BCUT2D eigenvalue weighted by Gasteiger charge is -2.09. The minimum atomic E-state index is -4.10. The normalized spacial score (nSPS) is 11.9. The Bertz CT molecular complexity index is 1780. The number of ether oxygens (including phenoxy) is 3. The summed E-state index contributed by atoms with van der Waals surface area (Å²) in [5, 5.41) is 8.85. The number of para-hydroxylation sites is 1. The van der Waals surface area contributed by atoms with Crippen LogP contribution in [0.2, 0.25) is 0 Å². The van der Waals surface area contributed by atoms with Crippen molar-refractivity contribution in [2.24, 2.45) is 5.10 Å². The number of nitrogens with zero attached hydrogens (tertiary/aromatic N) is 3. The van der Waals surface area contributed by atoms with Gasteiger partial charge in [0.2, 0.25) is 11.4 Å². The summed E-state index contributed by atoms with van der Waals surface area (Å²) in [6, 6.07) is 20.3. The average Bonchev–Trinajstić information content (AvgIpc) is 3.45. The van der Waals surface area contributed by atoms with E-state index in [1.54, 1.807) is 49.6 Å². The van der Waals surface area contributed by atoms with Crippen molar-refractivity contribution in [2.75, 3.05) is 21.3 Å². The molecule has 1 N–H and O–H groups in total. The Morgan fingerprint density at radius 3 is 2.37 bits per heavy atom. The molecule has 0 radical (unpaired) electrons. The zero-order chi connectivity index (χ0) is 26.7. The molecule has 5 rings (SSSR count). The second kappa shape index (κ2) is 10.3. The van der Waals surface area contributed by atoms with E-state index in [0.29, 0.717) is 34.0 Å². The fraction of sp³-hybridized carbons (Fsp3) is 0.115. The van der Waals surface area contributed by atoms with Gasteiger partial charge < -0.3 is 23.2 Å². The monoisotopic (exact) mass is 534 g/mol. The summed E-state index contributed by atoms with van der Waals surface area (Å²) >= 11 is 0. The molecule has 11 nitrogen and oxygen atoms in total. The third-order valence-electron chi connectivity index (χ3n) is 5.59. The van der Waals surface area contributed by atoms with Crippen LogP contribution >= 0.6 is 0 Å². The second-order valence-corrected chi connectivity index (χ2v) is 9.54. The number of rotatable bonds is 8. The second-order valence-electron chi connectivity index (χ2n) is 7.88. The third kappa shape index (κ3) is 4.89. The van der Waals surface area contributed by atoms with Crippen LogP contribution in [0.3, 0.4) is 0 Å². The predicted octanol–water partition coefficient (Wildman–Crippen LogP) is 3.97. The zero-order valence-corrected chi connectivity index (χ0v) is 21.4. The zero-order valence-electron chi connectivity index (χ0n) is 20.5. The van der Waals surface area contributed by atoms with Crippen LogP contribution < -0.4 is 24.6 Å². The number of hydrogen-bond acceptors (Lipinski definition) is 10. The van der Waals surface area contributed by atoms with Crippen LogP contribution in [0.1, 0.15) is 0 Å². The van der Waals surface area contributed by atoms with Crippen LogP contribution in [0.4, 0.5) is 0 Å². The van der Waals surface area contributed by atoms with E-state index < -0.39 is 10.0 Å². The molecule has 12 heteroatoms. The van der Waals surface area contributed by atoms with Crippen molar-refractivity contribution in [3.8, 4) is 40.1 Å². The maximum atomic E-state index is 13.0. The first-order valence-corrected chi connectivity index (χ1v) is 12.7. The highest BCUT2D eigenvalue weighted by Crippen LogP contribution is 2.29. The van der Waals surface area contributed by atoms with E-state index >= 15 is 0 Å². The van der Waals surface area contributed by atoms with E-state index in [-0.39, 0.29) is 22.1 Å². The minimum Gasteiger partial charge on any atom is -0.497 e. The lowest BCUT2D eigenvalue weighted by molar-refractivity contribution is 0.354. The molecule has 0 aliphatic rings. The number of aromatic nitrogens is 2. The minimum absolute atomic E-state index is 0.0716. The van der Waals surface area contributed by atoms with Crippen molar-refractivity contribution in [3.05, 3.63) is 78.4 Å². The molecule has 3 aromatic carbocycles. The fourth-order valence-electron chi connectivity index (χ4n) is 3.63. The summed E-state index contributed by atoms with van der Waals surface area (Å²) < 4.78 is 53.0. The first-order chi connectivity index (χ1) is 18.4. The number of methoxy groups -OCH3 is 3. The topological polar surface area (TPSA) is 138 Å². The maximum absolute atomic E-state index is 13.0. The van der Waals surface area contributed by atoms with Gasteiger partial charge in [-0.1, -0.05) is 23.4 Å². The van der Waals surface area contributed by atoms with Gasteiger partial charge in [0.25, 0.3) is 15.9 Å². The van der Waals surface area contributed by atoms with E-state index in [1.165, 1.54) is 32.4 Å². The van der Waals surface area contributed by atoms with Gasteiger partial charge in [0.15, 0.2) is 11.5 Å². The Hall–Kier alpha value is -4.84. The van der Waals surface area contributed by atoms with Crippen LogP contribution in [-0.2, 0) is 10.0 Å². The standard InChI is InChI=1S/C26H22N4O7S/c1-33-18-10-8-16(9-11-18)24-27-25(37-29-24)20-14-17-6-4-5-7-21(17)36-26(20)28-30-38(31,32)19-12-13-22(34-2)23(15-19)35-3/h4-15,30H,1-3H3/b28-26+. The van der Waals surface area contributed by atoms with Crippen LogP contribution in [-0.4, -0.2) is 39.9 Å². The highest BCUT2D eigenvalue weighted by molar-refractivity contribution is 7.89. The highest BCUT2D eigenvalue weighted by Gasteiger charge is 2.19. The number of benzene rings is 3. The summed E-state index contributed by atoms with van der Waals surface area (Å²) in [6.45, 7) is 0. The lowest BCUT2D eigenvalue weighted by Crippen LogP contribution is -2.22. The van der Waals surface area contributed by atoms with E-state index in [0.717, 1.165) is 5.39 Å². The molecule has 0 unspecified atom stereocenters. The van der Waals surface area contributed by atoms with Crippen LogP contribution in [0.15, 0.2) is 91.7 Å². The Balaban J connectivity index is 1.56. The molecule has 0 saturated carbocycles. The molecule has 0 saturated heterocycles. The molecular formula is C26H22N4O7S. The molecule has 2 aromatic heterocycles. The molecule has 0 atom stereocenters. The number of nitrogens with one attached hydrogen (secondary N) is 1. The van der Waals surface area contributed by atoms with Gasteiger partial charge >= 0.3 is 0 Å². The van der Waals surface area contributed by atoms with E-state index in [2.05, 4.69) is 20.1 Å². The van der Waals surface area contributed by atoms with Crippen LogP contribution in [0.25, 0.3) is 33.8 Å². The smallest absolute Gasteiger partial charge is 0.276 e. The molecule has 2 heterocycles. The number of sulfonamides is 1. The number of fused-ring (bicyclic) bond motifs is 1. The van der Waals surface area contributed by atoms with E-state index in [1.807, 2.05) is 12.1 Å². The van der Waals surface area contributed by atoms with Gasteiger partial charge in [-0.3, -0.25) is 0 Å². The molecular weight excluding hydrogens is 512 g/mol. The van der Waals surface area contributed by atoms with E-state index in [9.17, 15) is 8.42 Å². The molecule has 0 fully saturated rings. The maximum Gasteiger partial charge on any atom is 0.276 e.